The lowest BCUT2D eigenvalue weighted by atomic mass is 10.1. The number of hydrogen-bond acceptors (Lipinski definition) is 2. The highest BCUT2D eigenvalue weighted by Crippen LogP contribution is 2.03. The van der Waals surface area contributed by atoms with Crippen LogP contribution in [0, 0.1) is 5.82 Å². The van der Waals surface area contributed by atoms with E-state index in [0.29, 0.717) is 13.0 Å². The van der Waals surface area contributed by atoms with Crippen LogP contribution in [0.3, 0.4) is 0 Å². The van der Waals surface area contributed by atoms with Gasteiger partial charge in [-0.1, -0.05) is 24.4 Å². The average Bonchev–Trinajstić information content (AvgIpc) is 2.09. The smallest absolute Gasteiger partial charge is 0.123 e. The van der Waals surface area contributed by atoms with Crippen molar-refractivity contribution in [2.75, 3.05) is 6.54 Å². The van der Waals surface area contributed by atoms with Crippen LogP contribution in [0.4, 0.5) is 4.39 Å². The molecule has 0 aromatic heterocycles. The van der Waals surface area contributed by atoms with Crippen LogP contribution in [0.2, 0.25) is 0 Å². The standard InChI is InChI=1S/C9H10FNS/c10-8-3-1-7(2-4-8)5-9(12)6-11/h1-4H,5-6,11H2. The van der Waals surface area contributed by atoms with Crippen molar-refractivity contribution in [3.05, 3.63) is 35.6 Å². The summed E-state index contributed by atoms with van der Waals surface area (Å²) < 4.78 is 12.4. The first-order valence-corrected chi connectivity index (χ1v) is 4.09. The molecule has 0 heterocycles. The van der Waals surface area contributed by atoms with Crippen molar-refractivity contribution in [2.45, 2.75) is 6.42 Å². The lowest BCUT2D eigenvalue weighted by Crippen LogP contribution is -2.13. The van der Waals surface area contributed by atoms with E-state index in [4.69, 9.17) is 18.0 Å². The molecular weight excluding hydrogens is 173 g/mol. The minimum atomic E-state index is -0.225. The summed E-state index contributed by atoms with van der Waals surface area (Å²) in [5.41, 5.74) is 6.34. The summed E-state index contributed by atoms with van der Waals surface area (Å²) in [6.07, 6.45) is 0.659. The van der Waals surface area contributed by atoms with Crippen molar-refractivity contribution in [1.29, 1.82) is 0 Å². The fraction of sp³-hybridized carbons (Fsp3) is 0.222. The third kappa shape index (κ3) is 2.68. The van der Waals surface area contributed by atoms with Gasteiger partial charge in [-0.05, 0) is 17.7 Å². The van der Waals surface area contributed by atoms with Gasteiger partial charge in [0, 0.05) is 17.8 Å². The minimum absolute atomic E-state index is 0.225. The van der Waals surface area contributed by atoms with Gasteiger partial charge in [-0.3, -0.25) is 0 Å². The van der Waals surface area contributed by atoms with Crippen LogP contribution in [-0.2, 0) is 6.42 Å². The van der Waals surface area contributed by atoms with Crippen LogP contribution in [0.15, 0.2) is 24.3 Å². The second-order valence-electron chi connectivity index (χ2n) is 2.55. The Bertz CT molecular complexity index is 268. The van der Waals surface area contributed by atoms with Gasteiger partial charge in [0.05, 0.1) is 0 Å². The van der Waals surface area contributed by atoms with Gasteiger partial charge in [-0.15, -0.1) is 0 Å². The molecule has 64 valence electrons. The lowest BCUT2D eigenvalue weighted by Gasteiger charge is -1.99. The molecule has 0 aliphatic rings. The van der Waals surface area contributed by atoms with E-state index in [1.165, 1.54) is 12.1 Å². The van der Waals surface area contributed by atoms with Crippen molar-refractivity contribution in [1.82, 2.24) is 0 Å². The molecule has 1 rings (SSSR count). The molecule has 1 aromatic rings. The fourth-order valence-electron chi connectivity index (χ4n) is 0.902. The quantitative estimate of drug-likeness (QED) is 0.722. The van der Waals surface area contributed by atoms with Gasteiger partial charge in [-0.2, -0.15) is 0 Å². The van der Waals surface area contributed by atoms with Crippen molar-refractivity contribution >= 4 is 17.1 Å². The number of nitrogens with two attached hydrogens (primary N) is 1. The Hall–Kier alpha value is -0.800. The van der Waals surface area contributed by atoms with E-state index in [-0.39, 0.29) is 5.82 Å². The highest BCUT2D eigenvalue weighted by molar-refractivity contribution is 7.80. The lowest BCUT2D eigenvalue weighted by molar-refractivity contribution is 0.627. The number of halogens is 1. The van der Waals surface area contributed by atoms with Gasteiger partial charge in [0.1, 0.15) is 5.82 Å². The monoisotopic (exact) mass is 183 g/mol. The maximum absolute atomic E-state index is 12.4. The predicted molar refractivity (Wildman–Crippen MR) is 51.8 cm³/mol. The van der Waals surface area contributed by atoms with Crippen LogP contribution < -0.4 is 5.73 Å². The maximum Gasteiger partial charge on any atom is 0.123 e. The first kappa shape index (κ1) is 9.29. The molecule has 1 nitrogen and oxygen atoms in total. The molecule has 0 unspecified atom stereocenters. The summed E-state index contributed by atoms with van der Waals surface area (Å²) >= 11 is 4.95. The predicted octanol–water partition coefficient (Wildman–Crippen LogP) is 1.70. The van der Waals surface area contributed by atoms with Gasteiger partial charge in [-0.25, -0.2) is 4.39 Å². The van der Waals surface area contributed by atoms with Crippen molar-refractivity contribution in [2.24, 2.45) is 5.73 Å². The van der Waals surface area contributed by atoms with E-state index in [2.05, 4.69) is 0 Å². The summed E-state index contributed by atoms with van der Waals surface area (Å²) in [7, 11) is 0. The van der Waals surface area contributed by atoms with E-state index >= 15 is 0 Å². The highest BCUT2D eigenvalue weighted by Gasteiger charge is 1.96. The number of thiocarbonyl (C=S) groups is 1. The summed E-state index contributed by atoms with van der Waals surface area (Å²) in [6.45, 7) is 0.409. The van der Waals surface area contributed by atoms with Gasteiger partial charge in [0.2, 0.25) is 0 Å². The number of hydrogen-bond donors (Lipinski definition) is 1. The van der Waals surface area contributed by atoms with Crippen molar-refractivity contribution in [3.63, 3.8) is 0 Å². The summed E-state index contributed by atoms with van der Waals surface area (Å²) in [6, 6.07) is 6.29. The molecule has 0 aliphatic carbocycles. The molecule has 2 N–H and O–H groups in total. The van der Waals surface area contributed by atoms with E-state index < -0.39 is 0 Å². The molecular formula is C9H10FNS. The zero-order valence-corrected chi connectivity index (χ0v) is 7.40. The molecule has 3 heteroatoms. The van der Waals surface area contributed by atoms with E-state index in [1.807, 2.05) is 0 Å². The largest absolute Gasteiger partial charge is 0.326 e. The third-order valence-electron chi connectivity index (χ3n) is 1.54. The molecule has 0 amide bonds. The average molecular weight is 183 g/mol. The van der Waals surface area contributed by atoms with E-state index in [0.717, 1.165) is 10.4 Å². The van der Waals surface area contributed by atoms with E-state index in [9.17, 15) is 4.39 Å². The molecule has 1 aromatic carbocycles. The van der Waals surface area contributed by atoms with Gasteiger partial charge >= 0.3 is 0 Å². The van der Waals surface area contributed by atoms with Crippen molar-refractivity contribution < 1.29 is 4.39 Å². The first-order chi connectivity index (χ1) is 5.72. The summed E-state index contributed by atoms with van der Waals surface area (Å²) in [5.74, 6) is -0.225. The fourth-order valence-corrected chi connectivity index (χ4v) is 1.07. The highest BCUT2D eigenvalue weighted by atomic mass is 32.1. The molecule has 12 heavy (non-hydrogen) atoms. The Morgan fingerprint density at radius 1 is 1.33 bits per heavy atom. The zero-order chi connectivity index (χ0) is 8.97. The van der Waals surface area contributed by atoms with E-state index in [1.54, 1.807) is 12.1 Å². The summed E-state index contributed by atoms with van der Waals surface area (Å²) in [4.78, 5) is 0.793. The molecule has 0 saturated heterocycles. The Kier molecular flexibility index (Phi) is 3.31. The minimum Gasteiger partial charge on any atom is -0.326 e. The molecule has 0 radical (unpaired) electrons. The van der Waals surface area contributed by atoms with Crippen LogP contribution in [-0.4, -0.2) is 11.4 Å². The normalized spacial score (nSPS) is 9.83. The maximum atomic E-state index is 12.4. The second-order valence-corrected chi connectivity index (χ2v) is 3.12. The Morgan fingerprint density at radius 2 is 1.92 bits per heavy atom. The first-order valence-electron chi connectivity index (χ1n) is 3.68. The zero-order valence-electron chi connectivity index (χ0n) is 6.59. The topological polar surface area (TPSA) is 26.0 Å². The molecule has 0 atom stereocenters. The number of benzene rings is 1. The van der Waals surface area contributed by atoms with Gasteiger partial charge < -0.3 is 5.73 Å². The van der Waals surface area contributed by atoms with Crippen LogP contribution in [0.1, 0.15) is 5.56 Å². The van der Waals surface area contributed by atoms with Crippen molar-refractivity contribution in [3.8, 4) is 0 Å². The van der Waals surface area contributed by atoms with Gasteiger partial charge in [0.15, 0.2) is 0 Å². The third-order valence-corrected chi connectivity index (χ3v) is 1.85. The number of rotatable bonds is 3. The Morgan fingerprint density at radius 3 is 2.42 bits per heavy atom. The Balaban J connectivity index is 2.64. The Labute approximate surface area is 76.4 Å². The molecule has 0 bridgehead atoms. The van der Waals surface area contributed by atoms with Gasteiger partial charge in [0.25, 0.3) is 0 Å². The van der Waals surface area contributed by atoms with Crippen LogP contribution in [0.5, 0.6) is 0 Å². The van der Waals surface area contributed by atoms with Crippen LogP contribution in [0.25, 0.3) is 0 Å². The SMILES string of the molecule is NCC(=S)Cc1ccc(F)cc1. The molecule has 0 spiro atoms. The van der Waals surface area contributed by atoms with Crippen LogP contribution >= 0.6 is 12.2 Å². The molecule has 0 saturated carbocycles. The molecule has 0 fully saturated rings. The summed E-state index contributed by atoms with van der Waals surface area (Å²) in [5, 5.41) is 0. The second kappa shape index (κ2) is 4.28. The molecule has 0 aliphatic heterocycles.